The van der Waals surface area contributed by atoms with E-state index in [2.05, 4.69) is 25.5 Å². The zero-order chi connectivity index (χ0) is 28.3. The van der Waals surface area contributed by atoms with E-state index in [1.807, 2.05) is 47.4 Å². The maximum Gasteiger partial charge on any atom is 0.246 e. The first kappa shape index (κ1) is 28.0. The van der Waals surface area contributed by atoms with Crippen LogP contribution in [0.3, 0.4) is 0 Å². The highest BCUT2D eigenvalue weighted by Crippen LogP contribution is 2.39. The second-order valence-corrected chi connectivity index (χ2v) is 13.6. The van der Waals surface area contributed by atoms with Crippen molar-refractivity contribution >= 4 is 58.8 Å². The molecule has 2 aromatic carbocycles. The summed E-state index contributed by atoms with van der Waals surface area (Å²) in [7, 11) is -0.921. The van der Waals surface area contributed by atoms with E-state index in [1.54, 1.807) is 32.6 Å². The number of para-hydroxylation sites is 1. The number of aromatic nitrogens is 2. The highest BCUT2D eigenvalue weighted by atomic mass is 35.5. The molecule has 10 nitrogen and oxygen atoms in total. The Kier molecular flexibility index (Phi) is 8.30. The van der Waals surface area contributed by atoms with Gasteiger partial charge in [0.2, 0.25) is 11.9 Å². The Bertz CT molecular complexity index is 1480. The number of benzene rings is 2. The topological polar surface area (TPSA) is 109 Å². The smallest absolute Gasteiger partial charge is 0.246 e. The van der Waals surface area contributed by atoms with Gasteiger partial charge in [-0.2, -0.15) is 4.98 Å². The number of hydrogen-bond donors (Lipinski definition) is 2. The van der Waals surface area contributed by atoms with E-state index >= 15 is 0 Å². The summed E-state index contributed by atoms with van der Waals surface area (Å²) in [4.78, 5) is 25.5. The molecular weight excluding hydrogens is 551 g/mol. The van der Waals surface area contributed by atoms with E-state index in [1.165, 1.54) is 6.20 Å². The molecule has 40 heavy (non-hydrogen) atoms. The number of nitrogens with zero attached hydrogens (tertiary/aromatic N) is 4. The Morgan fingerprint density at radius 3 is 2.85 bits per heavy atom. The van der Waals surface area contributed by atoms with Gasteiger partial charge in [-0.3, -0.25) is 4.79 Å². The van der Waals surface area contributed by atoms with Crippen molar-refractivity contribution in [1.82, 2.24) is 14.9 Å². The molecule has 12 heteroatoms. The lowest BCUT2D eigenvalue weighted by molar-refractivity contribution is -0.127. The third-order valence-corrected chi connectivity index (χ3v) is 8.58. The number of rotatable bonds is 8. The number of anilines is 5. The van der Waals surface area contributed by atoms with Gasteiger partial charge in [0.15, 0.2) is 5.82 Å². The molecule has 210 valence electrons. The standard InChI is InChI=1S/C28H32ClN6O4P/c1-38-14-6-9-26(36)34-12-13-35-20(17-34)18-39-24-15-19(10-11-23(24)35)31-28-30-16-21(29)27(33-28)32-22-7-4-5-8-25(22)40(2,3)37/h4-11,15-16,20H,12-14,17-18H2,1-3H3,(H2,30,31,32,33)/b9-6+/t20-/m0/s1. The minimum Gasteiger partial charge on any atom is -0.489 e. The summed E-state index contributed by atoms with van der Waals surface area (Å²) in [6.45, 7) is 6.29. The lowest BCUT2D eigenvalue weighted by Crippen LogP contribution is -2.58. The Balaban J connectivity index is 1.29. The molecule has 2 aliphatic heterocycles. The van der Waals surface area contributed by atoms with Crippen LogP contribution in [0.1, 0.15) is 0 Å². The normalized spacial score (nSPS) is 16.8. The van der Waals surface area contributed by atoms with Gasteiger partial charge in [-0.05, 0) is 37.6 Å². The lowest BCUT2D eigenvalue weighted by Gasteiger charge is -2.45. The van der Waals surface area contributed by atoms with Crippen molar-refractivity contribution in [2.75, 3.05) is 68.8 Å². The zero-order valence-corrected chi connectivity index (χ0v) is 24.3. The van der Waals surface area contributed by atoms with Gasteiger partial charge in [-0.1, -0.05) is 29.8 Å². The van der Waals surface area contributed by atoms with Crippen molar-refractivity contribution in [3.8, 4) is 5.75 Å². The van der Waals surface area contributed by atoms with Crippen molar-refractivity contribution in [2.45, 2.75) is 6.04 Å². The number of fused-ring (bicyclic) bond motifs is 3. The van der Waals surface area contributed by atoms with Crippen molar-refractivity contribution in [3.05, 3.63) is 65.8 Å². The summed E-state index contributed by atoms with van der Waals surface area (Å²) in [5.41, 5.74) is 2.44. The Labute approximate surface area is 238 Å². The zero-order valence-electron chi connectivity index (χ0n) is 22.6. The first-order valence-corrected chi connectivity index (χ1v) is 15.9. The van der Waals surface area contributed by atoms with E-state index < -0.39 is 7.14 Å². The van der Waals surface area contributed by atoms with Crippen LogP contribution in [-0.4, -0.2) is 80.1 Å². The quantitative estimate of drug-likeness (QED) is 0.293. The molecule has 0 radical (unpaired) electrons. The number of amides is 1. The number of halogens is 1. The minimum absolute atomic E-state index is 0.0132. The van der Waals surface area contributed by atoms with E-state index in [0.717, 1.165) is 29.0 Å². The van der Waals surface area contributed by atoms with Crippen molar-refractivity contribution < 1.29 is 18.8 Å². The molecule has 0 bridgehead atoms. The van der Waals surface area contributed by atoms with Crippen molar-refractivity contribution in [1.29, 1.82) is 0 Å². The van der Waals surface area contributed by atoms with Gasteiger partial charge in [0, 0.05) is 49.9 Å². The highest BCUT2D eigenvalue weighted by Gasteiger charge is 2.34. The maximum absolute atomic E-state index is 12.8. The SMILES string of the molecule is COC/C=C/C(=O)N1CCN2c3ccc(Nc4ncc(Cl)c(Nc5ccccc5P(C)(C)=O)n4)cc3OC[C@@H]2C1. The van der Waals surface area contributed by atoms with Crippen molar-refractivity contribution in [3.63, 3.8) is 0 Å². The van der Waals surface area contributed by atoms with Crippen LogP contribution in [0.15, 0.2) is 60.8 Å². The largest absolute Gasteiger partial charge is 0.489 e. The molecule has 0 aliphatic carbocycles. The van der Waals surface area contributed by atoms with E-state index in [9.17, 15) is 9.36 Å². The average Bonchev–Trinajstić information content (AvgIpc) is 2.94. The summed E-state index contributed by atoms with van der Waals surface area (Å²) >= 11 is 6.39. The summed E-state index contributed by atoms with van der Waals surface area (Å²) in [6, 6.07) is 13.4. The Morgan fingerprint density at radius 1 is 1.23 bits per heavy atom. The first-order valence-electron chi connectivity index (χ1n) is 12.9. The van der Waals surface area contributed by atoms with Gasteiger partial charge in [0.25, 0.3) is 0 Å². The minimum atomic E-state index is -2.52. The van der Waals surface area contributed by atoms with Crippen LogP contribution in [0, 0.1) is 0 Å². The molecule has 1 fully saturated rings. The predicted octanol–water partition coefficient (Wildman–Crippen LogP) is 4.48. The van der Waals surface area contributed by atoms with E-state index in [0.29, 0.717) is 48.8 Å². The van der Waals surface area contributed by atoms with Crippen molar-refractivity contribution in [2.24, 2.45) is 0 Å². The van der Waals surface area contributed by atoms with E-state index in [4.69, 9.17) is 21.1 Å². The van der Waals surface area contributed by atoms with Gasteiger partial charge < -0.3 is 34.5 Å². The lowest BCUT2D eigenvalue weighted by atomic mass is 10.1. The molecule has 0 spiro atoms. The van der Waals surface area contributed by atoms with Gasteiger partial charge in [0.1, 0.15) is 24.5 Å². The molecule has 2 aliphatic rings. The number of carbonyl (C=O) groups excluding carboxylic acids is 1. The molecule has 3 heterocycles. The Morgan fingerprint density at radius 2 is 2.05 bits per heavy atom. The molecule has 1 amide bonds. The summed E-state index contributed by atoms with van der Waals surface area (Å²) in [5.74, 6) is 1.49. The second-order valence-electron chi connectivity index (χ2n) is 9.99. The second kappa shape index (κ2) is 11.9. The summed E-state index contributed by atoms with van der Waals surface area (Å²) < 4.78 is 23.9. The molecule has 1 atom stereocenters. The third-order valence-electron chi connectivity index (χ3n) is 6.76. The average molecular weight is 583 g/mol. The fraction of sp³-hybridized carbons (Fsp3) is 0.321. The number of nitrogens with one attached hydrogen (secondary N) is 2. The van der Waals surface area contributed by atoms with Crippen LogP contribution in [0.5, 0.6) is 5.75 Å². The van der Waals surface area contributed by atoms with E-state index in [-0.39, 0.29) is 11.9 Å². The monoisotopic (exact) mass is 582 g/mol. The predicted molar refractivity (Wildman–Crippen MR) is 160 cm³/mol. The van der Waals surface area contributed by atoms with Crippen LogP contribution in [0.4, 0.5) is 28.8 Å². The van der Waals surface area contributed by atoms with Gasteiger partial charge >= 0.3 is 0 Å². The number of hydrogen-bond acceptors (Lipinski definition) is 9. The molecular formula is C28H32ClN6O4P. The van der Waals surface area contributed by atoms with Gasteiger partial charge in [-0.15, -0.1) is 0 Å². The van der Waals surface area contributed by atoms with Crippen LogP contribution in [0.25, 0.3) is 0 Å². The fourth-order valence-electron chi connectivity index (χ4n) is 4.82. The third kappa shape index (κ3) is 6.25. The van der Waals surface area contributed by atoms with Crippen LogP contribution in [0.2, 0.25) is 5.02 Å². The van der Waals surface area contributed by atoms with Crippen LogP contribution >= 0.6 is 18.7 Å². The van der Waals surface area contributed by atoms with Crippen LogP contribution in [-0.2, 0) is 14.1 Å². The molecule has 0 unspecified atom stereocenters. The van der Waals surface area contributed by atoms with Gasteiger partial charge in [0.05, 0.1) is 30.2 Å². The number of methoxy groups -OCH3 is 1. The molecule has 1 saturated heterocycles. The summed E-state index contributed by atoms with van der Waals surface area (Å²) in [5, 5.41) is 7.50. The molecule has 3 aromatic rings. The fourth-order valence-corrected chi connectivity index (χ4v) is 6.11. The summed E-state index contributed by atoms with van der Waals surface area (Å²) in [6.07, 6.45) is 4.82. The molecule has 1 aromatic heterocycles. The molecule has 5 rings (SSSR count). The number of carbonyl (C=O) groups is 1. The number of ether oxygens (including phenoxy) is 2. The number of piperazine rings is 1. The van der Waals surface area contributed by atoms with Gasteiger partial charge in [-0.25, -0.2) is 4.98 Å². The Hall–Kier alpha value is -3.59. The molecule has 2 N–H and O–H groups in total. The highest BCUT2D eigenvalue weighted by molar-refractivity contribution is 7.70. The first-order chi connectivity index (χ1) is 19.2. The molecule has 0 saturated carbocycles. The van der Waals surface area contributed by atoms with Crippen LogP contribution < -0.4 is 25.6 Å². The maximum atomic E-state index is 12.8.